The number of likely N-dealkylation sites (N-methyl/N-ethyl adjacent to an activating group) is 1. The summed E-state index contributed by atoms with van der Waals surface area (Å²) in [6.07, 6.45) is 8.13. The van der Waals surface area contributed by atoms with E-state index in [1.165, 1.54) is 38.5 Å². The summed E-state index contributed by atoms with van der Waals surface area (Å²) in [7, 11) is 0. The van der Waals surface area contributed by atoms with E-state index in [1.54, 1.807) is 0 Å². The Bertz CT molecular complexity index is 203. The fourth-order valence-electron chi connectivity index (χ4n) is 2.91. The predicted molar refractivity (Wildman–Crippen MR) is 74.4 cm³/mol. The molecule has 2 unspecified atom stereocenters. The average Bonchev–Trinajstić information content (AvgIpc) is 2.56. The number of unbranched alkanes of at least 4 members (excludes halogenated alkanes) is 3. The summed E-state index contributed by atoms with van der Waals surface area (Å²) in [4.78, 5) is 0. The van der Waals surface area contributed by atoms with Gasteiger partial charge in [-0.3, -0.25) is 0 Å². The van der Waals surface area contributed by atoms with Crippen LogP contribution in [0.2, 0.25) is 0 Å². The van der Waals surface area contributed by atoms with E-state index in [0.717, 1.165) is 13.2 Å². The molecular weight excluding hydrogens is 210 g/mol. The molecule has 2 nitrogen and oxygen atoms in total. The van der Waals surface area contributed by atoms with Crippen molar-refractivity contribution in [2.75, 3.05) is 13.2 Å². The van der Waals surface area contributed by atoms with E-state index < -0.39 is 0 Å². The number of hydrogen-bond donors (Lipinski definition) is 1. The molecule has 1 aliphatic rings. The summed E-state index contributed by atoms with van der Waals surface area (Å²) < 4.78 is 6.09. The van der Waals surface area contributed by atoms with Crippen molar-refractivity contribution in [1.82, 2.24) is 5.32 Å². The minimum absolute atomic E-state index is 0.393. The fourth-order valence-corrected chi connectivity index (χ4v) is 2.91. The van der Waals surface area contributed by atoms with Gasteiger partial charge in [-0.2, -0.15) is 0 Å². The zero-order valence-electron chi connectivity index (χ0n) is 12.2. The molecule has 2 atom stereocenters. The molecule has 1 aliphatic carbocycles. The standard InChI is InChI=1S/C15H31NO/c1-5-7-8-9-12-17-13-10-11-15(3,4)14(13)16-6-2/h13-14,16H,5-12H2,1-4H3. The summed E-state index contributed by atoms with van der Waals surface area (Å²) in [6.45, 7) is 11.2. The largest absolute Gasteiger partial charge is 0.377 e. The molecule has 1 N–H and O–H groups in total. The van der Waals surface area contributed by atoms with E-state index in [1.807, 2.05) is 0 Å². The molecule has 2 heteroatoms. The molecule has 0 aromatic rings. The van der Waals surface area contributed by atoms with Gasteiger partial charge in [0.05, 0.1) is 6.10 Å². The second-order valence-corrected chi connectivity index (χ2v) is 6.03. The first kappa shape index (κ1) is 15.0. The molecular formula is C15H31NO. The normalized spacial score (nSPS) is 27.5. The Morgan fingerprint density at radius 1 is 1.18 bits per heavy atom. The lowest BCUT2D eigenvalue weighted by atomic mass is 9.87. The van der Waals surface area contributed by atoms with Crippen molar-refractivity contribution in [1.29, 1.82) is 0 Å². The Morgan fingerprint density at radius 3 is 2.59 bits per heavy atom. The smallest absolute Gasteiger partial charge is 0.0733 e. The van der Waals surface area contributed by atoms with Crippen LogP contribution < -0.4 is 5.32 Å². The van der Waals surface area contributed by atoms with Gasteiger partial charge in [-0.05, 0) is 31.2 Å². The summed E-state index contributed by atoms with van der Waals surface area (Å²) in [5.41, 5.74) is 0.393. The minimum Gasteiger partial charge on any atom is -0.377 e. The third kappa shape index (κ3) is 4.59. The Morgan fingerprint density at radius 2 is 1.94 bits per heavy atom. The van der Waals surface area contributed by atoms with E-state index in [4.69, 9.17) is 4.74 Å². The molecule has 1 rings (SSSR count). The van der Waals surface area contributed by atoms with Gasteiger partial charge in [0.1, 0.15) is 0 Å². The van der Waals surface area contributed by atoms with Crippen LogP contribution in [0.5, 0.6) is 0 Å². The number of rotatable bonds is 8. The lowest BCUT2D eigenvalue weighted by molar-refractivity contribution is 0.0251. The lowest BCUT2D eigenvalue weighted by Gasteiger charge is -2.31. The zero-order valence-corrected chi connectivity index (χ0v) is 12.2. The van der Waals surface area contributed by atoms with Crippen LogP contribution in [0.4, 0.5) is 0 Å². The molecule has 0 saturated heterocycles. The highest BCUT2D eigenvalue weighted by atomic mass is 16.5. The molecule has 0 aromatic carbocycles. The van der Waals surface area contributed by atoms with Crippen LogP contribution in [0.3, 0.4) is 0 Å². The predicted octanol–water partition coefficient (Wildman–Crippen LogP) is 3.75. The molecule has 0 bridgehead atoms. The lowest BCUT2D eigenvalue weighted by Crippen LogP contribution is -2.45. The van der Waals surface area contributed by atoms with Gasteiger partial charge in [-0.1, -0.05) is 47.0 Å². The molecule has 0 aliphatic heterocycles. The Labute approximate surface area is 108 Å². The highest BCUT2D eigenvalue weighted by Gasteiger charge is 2.41. The van der Waals surface area contributed by atoms with Gasteiger partial charge in [0, 0.05) is 12.6 Å². The van der Waals surface area contributed by atoms with Crippen LogP contribution in [-0.2, 0) is 4.74 Å². The van der Waals surface area contributed by atoms with Crippen LogP contribution in [0, 0.1) is 5.41 Å². The summed E-state index contributed by atoms with van der Waals surface area (Å²) in [5, 5.41) is 3.61. The van der Waals surface area contributed by atoms with Crippen molar-refractivity contribution in [2.45, 2.75) is 78.4 Å². The zero-order chi connectivity index (χ0) is 12.7. The van der Waals surface area contributed by atoms with E-state index in [-0.39, 0.29) is 0 Å². The second-order valence-electron chi connectivity index (χ2n) is 6.03. The maximum atomic E-state index is 6.09. The van der Waals surface area contributed by atoms with Gasteiger partial charge in [0.25, 0.3) is 0 Å². The van der Waals surface area contributed by atoms with Gasteiger partial charge in [0.15, 0.2) is 0 Å². The Kier molecular flexibility index (Phi) is 6.50. The first-order valence-electron chi connectivity index (χ1n) is 7.46. The van der Waals surface area contributed by atoms with Crippen molar-refractivity contribution in [2.24, 2.45) is 5.41 Å². The Hall–Kier alpha value is -0.0800. The molecule has 0 radical (unpaired) electrons. The first-order valence-corrected chi connectivity index (χ1v) is 7.46. The number of nitrogens with one attached hydrogen (secondary N) is 1. The number of hydrogen-bond acceptors (Lipinski definition) is 2. The maximum Gasteiger partial charge on any atom is 0.0733 e. The summed E-state index contributed by atoms with van der Waals surface area (Å²) >= 11 is 0. The average molecular weight is 241 g/mol. The van der Waals surface area contributed by atoms with Crippen LogP contribution in [0.1, 0.15) is 66.2 Å². The molecule has 1 fully saturated rings. The molecule has 0 spiro atoms. The van der Waals surface area contributed by atoms with E-state index in [2.05, 4.69) is 33.0 Å². The molecule has 0 heterocycles. The molecule has 0 aromatic heterocycles. The van der Waals surface area contributed by atoms with Gasteiger partial charge in [-0.15, -0.1) is 0 Å². The highest BCUT2D eigenvalue weighted by molar-refractivity contribution is 4.97. The van der Waals surface area contributed by atoms with Gasteiger partial charge < -0.3 is 10.1 Å². The SMILES string of the molecule is CCCCCCOC1CCC(C)(C)C1NCC. The van der Waals surface area contributed by atoms with Crippen LogP contribution in [0.25, 0.3) is 0 Å². The van der Waals surface area contributed by atoms with Gasteiger partial charge in [-0.25, -0.2) is 0 Å². The second kappa shape index (κ2) is 7.38. The van der Waals surface area contributed by atoms with Crippen molar-refractivity contribution in [3.63, 3.8) is 0 Å². The third-order valence-electron chi connectivity index (χ3n) is 4.04. The van der Waals surface area contributed by atoms with E-state index >= 15 is 0 Å². The van der Waals surface area contributed by atoms with Crippen molar-refractivity contribution in [3.05, 3.63) is 0 Å². The molecule has 1 saturated carbocycles. The minimum atomic E-state index is 0.393. The van der Waals surface area contributed by atoms with Crippen molar-refractivity contribution < 1.29 is 4.74 Å². The summed E-state index contributed by atoms with van der Waals surface area (Å²) in [6, 6.07) is 0.540. The first-order chi connectivity index (χ1) is 8.11. The number of ether oxygens (including phenoxy) is 1. The van der Waals surface area contributed by atoms with Crippen LogP contribution >= 0.6 is 0 Å². The maximum absolute atomic E-state index is 6.09. The molecule has 17 heavy (non-hydrogen) atoms. The van der Waals surface area contributed by atoms with Crippen molar-refractivity contribution in [3.8, 4) is 0 Å². The third-order valence-corrected chi connectivity index (χ3v) is 4.04. The van der Waals surface area contributed by atoms with E-state index in [0.29, 0.717) is 17.6 Å². The molecule has 102 valence electrons. The van der Waals surface area contributed by atoms with Crippen LogP contribution in [0.15, 0.2) is 0 Å². The van der Waals surface area contributed by atoms with Gasteiger partial charge >= 0.3 is 0 Å². The van der Waals surface area contributed by atoms with Crippen LogP contribution in [-0.4, -0.2) is 25.3 Å². The monoisotopic (exact) mass is 241 g/mol. The van der Waals surface area contributed by atoms with Crippen molar-refractivity contribution >= 4 is 0 Å². The van der Waals surface area contributed by atoms with Gasteiger partial charge in [0.2, 0.25) is 0 Å². The quantitative estimate of drug-likeness (QED) is 0.653. The highest BCUT2D eigenvalue weighted by Crippen LogP contribution is 2.39. The topological polar surface area (TPSA) is 21.3 Å². The fraction of sp³-hybridized carbons (Fsp3) is 1.00. The Balaban J connectivity index is 2.27. The molecule has 0 amide bonds. The summed E-state index contributed by atoms with van der Waals surface area (Å²) in [5.74, 6) is 0. The van der Waals surface area contributed by atoms with E-state index in [9.17, 15) is 0 Å².